The Morgan fingerprint density at radius 2 is 1.50 bits per heavy atom. The highest BCUT2D eigenvalue weighted by Gasteiger charge is 2.29. The van der Waals surface area contributed by atoms with Gasteiger partial charge in [0.05, 0.1) is 6.54 Å². The van der Waals surface area contributed by atoms with Crippen molar-refractivity contribution in [3.63, 3.8) is 0 Å². The van der Waals surface area contributed by atoms with Crippen molar-refractivity contribution in [2.45, 2.75) is 63.5 Å². The number of likely N-dealkylation sites (tertiary alicyclic amines) is 2. The van der Waals surface area contributed by atoms with Gasteiger partial charge in [-0.25, -0.2) is 8.78 Å². The molecule has 0 aromatic heterocycles. The van der Waals surface area contributed by atoms with Crippen LogP contribution in [0.2, 0.25) is 0 Å². The van der Waals surface area contributed by atoms with Crippen LogP contribution in [-0.2, 0) is 0 Å². The van der Waals surface area contributed by atoms with Crippen LogP contribution in [0, 0.1) is 5.92 Å². The molecule has 0 aromatic carbocycles. The lowest BCUT2D eigenvalue weighted by molar-refractivity contribution is 0.0721. The standard InChI is InChI=1S/C17H31F2N3/c18-17(19)13-21-8-5-15(6-9-21)20-16-7-10-22(12-16)11-14-3-1-2-4-14/h14-17,20H,1-13H2/t16-/m1/s1. The highest BCUT2D eigenvalue weighted by molar-refractivity contribution is 4.87. The van der Waals surface area contributed by atoms with Gasteiger partial charge in [0.25, 0.3) is 6.43 Å². The molecule has 1 atom stereocenters. The normalized spacial score (nSPS) is 29.9. The summed E-state index contributed by atoms with van der Waals surface area (Å²) in [6, 6.07) is 1.15. The van der Waals surface area contributed by atoms with Gasteiger partial charge in [-0.05, 0) is 57.7 Å². The molecule has 22 heavy (non-hydrogen) atoms. The van der Waals surface area contributed by atoms with Crippen LogP contribution in [0.5, 0.6) is 0 Å². The minimum Gasteiger partial charge on any atom is -0.310 e. The van der Waals surface area contributed by atoms with E-state index in [4.69, 9.17) is 0 Å². The average Bonchev–Trinajstić information content (AvgIpc) is 3.13. The van der Waals surface area contributed by atoms with Gasteiger partial charge in [-0.2, -0.15) is 0 Å². The Morgan fingerprint density at radius 3 is 2.18 bits per heavy atom. The molecule has 3 rings (SSSR count). The van der Waals surface area contributed by atoms with E-state index in [2.05, 4.69) is 10.2 Å². The summed E-state index contributed by atoms with van der Waals surface area (Å²) in [6.45, 7) is 5.31. The monoisotopic (exact) mass is 315 g/mol. The molecule has 0 unspecified atom stereocenters. The fraction of sp³-hybridized carbons (Fsp3) is 1.00. The zero-order valence-corrected chi connectivity index (χ0v) is 13.7. The summed E-state index contributed by atoms with van der Waals surface area (Å²) in [4.78, 5) is 4.55. The first-order valence-corrected chi connectivity index (χ1v) is 9.18. The average molecular weight is 315 g/mol. The van der Waals surface area contributed by atoms with Crippen LogP contribution >= 0.6 is 0 Å². The predicted octanol–water partition coefficient (Wildman–Crippen LogP) is 2.57. The second-order valence-corrected chi connectivity index (χ2v) is 7.53. The molecule has 0 radical (unpaired) electrons. The molecule has 3 nitrogen and oxygen atoms in total. The number of halogens is 2. The topological polar surface area (TPSA) is 18.5 Å². The van der Waals surface area contributed by atoms with E-state index in [1.807, 2.05) is 4.90 Å². The van der Waals surface area contributed by atoms with E-state index in [0.717, 1.165) is 31.8 Å². The van der Waals surface area contributed by atoms with Crippen molar-refractivity contribution in [3.8, 4) is 0 Å². The number of rotatable bonds is 6. The van der Waals surface area contributed by atoms with Crippen molar-refractivity contribution in [1.82, 2.24) is 15.1 Å². The molecule has 2 saturated heterocycles. The van der Waals surface area contributed by atoms with Gasteiger partial charge in [0.1, 0.15) is 0 Å². The fourth-order valence-corrected chi connectivity index (χ4v) is 4.50. The molecule has 5 heteroatoms. The lowest BCUT2D eigenvalue weighted by Gasteiger charge is -2.33. The van der Waals surface area contributed by atoms with Gasteiger partial charge in [0, 0.05) is 25.2 Å². The molecule has 0 bridgehead atoms. The third-order valence-corrected chi connectivity index (χ3v) is 5.72. The SMILES string of the molecule is FC(F)CN1CCC(N[C@@H]2CCN(CC3CCCC3)C2)CC1. The van der Waals surface area contributed by atoms with Crippen LogP contribution in [0.4, 0.5) is 8.78 Å². The summed E-state index contributed by atoms with van der Waals surface area (Å²) in [5.74, 6) is 0.941. The number of hydrogen-bond donors (Lipinski definition) is 1. The highest BCUT2D eigenvalue weighted by Crippen LogP contribution is 2.27. The van der Waals surface area contributed by atoms with Gasteiger partial charge < -0.3 is 10.2 Å². The third-order valence-electron chi connectivity index (χ3n) is 5.72. The molecule has 2 aliphatic heterocycles. The van der Waals surface area contributed by atoms with Gasteiger partial charge in [-0.15, -0.1) is 0 Å². The van der Waals surface area contributed by atoms with E-state index in [1.54, 1.807) is 0 Å². The zero-order valence-electron chi connectivity index (χ0n) is 13.7. The number of nitrogens with zero attached hydrogens (tertiary/aromatic N) is 2. The Morgan fingerprint density at radius 1 is 0.864 bits per heavy atom. The summed E-state index contributed by atoms with van der Waals surface area (Å²) in [7, 11) is 0. The van der Waals surface area contributed by atoms with Gasteiger partial charge in [-0.3, -0.25) is 4.90 Å². The number of hydrogen-bond acceptors (Lipinski definition) is 3. The maximum atomic E-state index is 12.4. The second-order valence-electron chi connectivity index (χ2n) is 7.53. The van der Waals surface area contributed by atoms with E-state index in [0.29, 0.717) is 12.1 Å². The lowest BCUT2D eigenvalue weighted by Crippen LogP contribution is -2.47. The van der Waals surface area contributed by atoms with Crippen molar-refractivity contribution in [2.75, 3.05) is 39.3 Å². The Labute approximate surface area is 133 Å². The molecule has 1 aliphatic carbocycles. The molecule has 1 saturated carbocycles. The molecular formula is C17H31F2N3. The van der Waals surface area contributed by atoms with Crippen molar-refractivity contribution in [2.24, 2.45) is 5.92 Å². The smallest absolute Gasteiger partial charge is 0.251 e. The van der Waals surface area contributed by atoms with Crippen molar-refractivity contribution in [1.29, 1.82) is 0 Å². The Balaban J connectivity index is 1.33. The Bertz CT molecular complexity index is 326. The van der Waals surface area contributed by atoms with Crippen molar-refractivity contribution < 1.29 is 8.78 Å². The summed E-state index contributed by atoms with van der Waals surface area (Å²) in [6.07, 6.45) is 6.81. The van der Waals surface area contributed by atoms with Gasteiger partial charge in [-0.1, -0.05) is 12.8 Å². The van der Waals surface area contributed by atoms with Crippen molar-refractivity contribution >= 4 is 0 Å². The first kappa shape index (κ1) is 16.6. The second kappa shape index (κ2) is 8.02. The first-order valence-electron chi connectivity index (χ1n) is 9.18. The molecule has 3 aliphatic rings. The van der Waals surface area contributed by atoms with Gasteiger partial charge in [0.2, 0.25) is 0 Å². The highest BCUT2D eigenvalue weighted by atomic mass is 19.3. The fourth-order valence-electron chi connectivity index (χ4n) is 4.50. The van der Waals surface area contributed by atoms with Crippen LogP contribution in [-0.4, -0.2) is 67.6 Å². The lowest BCUT2D eigenvalue weighted by atomic mass is 10.0. The molecule has 0 spiro atoms. The minimum atomic E-state index is -2.19. The van der Waals surface area contributed by atoms with Crippen molar-refractivity contribution in [3.05, 3.63) is 0 Å². The summed E-state index contributed by atoms with van der Waals surface area (Å²) in [5.41, 5.74) is 0. The Kier molecular flexibility index (Phi) is 6.05. The molecular weight excluding hydrogens is 284 g/mol. The number of piperidine rings is 1. The number of alkyl halides is 2. The predicted molar refractivity (Wildman–Crippen MR) is 85.4 cm³/mol. The number of nitrogens with one attached hydrogen (secondary N) is 1. The van der Waals surface area contributed by atoms with Crippen LogP contribution in [0.1, 0.15) is 44.9 Å². The molecule has 2 heterocycles. The summed E-state index contributed by atoms with van der Waals surface area (Å²) >= 11 is 0. The van der Waals surface area contributed by atoms with Crippen LogP contribution in [0.25, 0.3) is 0 Å². The van der Waals surface area contributed by atoms with Gasteiger partial charge >= 0.3 is 0 Å². The maximum absolute atomic E-state index is 12.4. The van der Waals surface area contributed by atoms with Crippen LogP contribution < -0.4 is 5.32 Å². The van der Waals surface area contributed by atoms with Gasteiger partial charge in [0.15, 0.2) is 0 Å². The molecule has 0 aromatic rings. The van der Waals surface area contributed by atoms with E-state index < -0.39 is 6.43 Å². The Hall–Kier alpha value is -0.260. The van der Waals surface area contributed by atoms with Crippen LogP contribution in [0.3, 0.4) is 0 Å². The molecule has 128 valence electrons. The van der Waals surface area contributed by atoms with E-state index in [-0.39, 0.29) is 6.54 Å². The third kappa shape index (κ3) is 4.87. The molecule has 1 N–H and O–H groups in total. The van der Waals surface area contributed by atoms with Crippen LogP contribution in [0.15, 0.2) is 0 Å². The summed E-state index contributed by atoms with van der Waals surface area (Å²) in [5, 5.41) is 3.79. The first-order chi connectivity index (χ1) is 10.7. The van der Waals surface area contributed by atoms with E-state index in [1.165, 1.54) is 51.7 Å². The van der Waals surface area contributed by atoms with E-state index >= 15 is 0 Å². The summed E-state index contributed by atoms with van der Waals surface area (Å²) < 4.78 is 24.8. The molecule has 0 amide bonds. The minimum absolute atomic E-state index is 0.0503. The quantitative estimate of drug-likeness (QED) is 0.813. The largest absolute Gasteiger partial charge is 0.310 e. The zero-order chi connectivity index (χ0) is 15.4. The maximum Gasteiger partial charge on any atom is 0.251 e. The molecule has 3 fully saturated rings. The van der Waals surface area contributed by atoms with E-state index in [9.17, 15) is 8.78 Å².